The van der Waals surface area contributed by atoms with Crippen LogP contribution in [0.2, 0.25) is 0 Å². The molecule has 0 fully saturated rings. The summed E-state index contributed by atoms with van der Waals surface area (Å²) in [6, 6.07) is 7.83. The van der Waals surface area contributed by atoms with Gasteiger partial charge in [0, 0.05) is 18.0 Å². The van der Waals surface area contributed by atoms with Gasteiger partial charge < -0.3 is 10.4 Å². The smallest absolute Gasteiger partial charge is 0.244 e. The van der Waals surface area contributed by atoms with E-state index in [9.17, 15) is 18.3 Å². The molecule has 104 valence electrons. The topological polar surface area (TPSA) is 83.5 Å². The summed E-state index contributed by atoms with van der Waals surface area (Å²) < 4.78 is 23.6. The normalized spacial score (nSPS) is 12.6. The highest BCUT2D eigenvalue weighted by atomic mass is 32.2. The van der Waals surface area contributed by atoms with E-state index in [1.54, 1.807) is 18.2 Å². The van der Waals surface area contributed by atoms with E-state index in [-0.39, 0.29) is 11.4 Å². The maximum atomic E-state index is 11.8. The van der Waals surface area contributed by atoms with Crippen LogP contribution in [0.1, 0.15) is 13.8 Å². The Morgan fingerprint density at radius 3 is 2.42 bits per heavy atom. The average molecular weight is 283 g/mol. The summed E-state index contributed by atoms with van der Waals surface area (Å²) in [6.45, 7) is 3.12. The molecule has 0 unspecified atom stereocenters. The number of amides is 1. The summed E-state index contributed by atoms with van der Waals surface area (Å²) in [4.78, 5) is 11.5. The number of carbonyl (C=O) groups excluding carboxylic acids is 1. The number of carbonyl (C=O) groups is 1. The van der Waals surface area contributed by atoms with E-state index < -0.39 is 21.3 Å². The molecule has 5 nitrogen and oxygen atoms in total. The number of sulfone groups is 1. The second-order valence-electron chi connectivity index (χ2n) is 4.69. The third kappa shape index (κ3) is 5.67. The predicted molar refractivity (Wildman–Crippen MR) is 72.1 cm³/mol. The lowest BCUT2D eigenvalue weighted by molar-refractivity contribution is -0.117. The predicted octanol–water partition coefficient (Wildman–Crippen LogP) is 0.861. The van der Waals surface area contributed by atoms with E-state index in [0.717, 1.165) is 11.5 Å². The van der Waals surface area contributed by atoms with E-state index in [0.29, 0.717) is 0 Å². The van der Waals surface area contributed by atoms with Crippen molar-refractivity contribution in [3.05, 3.63) is 41.8 Å². The standard InChI is InChI=1S/C13H17NO4S/c1-13(2,16)10-14-12(15)8-9-19(17,18)11-6-4-3-5-7-11/h3-9,16H,10H2,1-2H3,(H,14,15). The molecule has 1 rings (SSSR count). The Kier molecular flexibility index (Phi) is 4.85. The lowest BCUT2D eigenvalue weighted by Crippen LogP contribution is -2.37. The Morgan fingerprint density at radius 1 is 1.32 bits per heavy atom. The van der Waals surface area contributed by atoms with Crippen molar-refractivity contribution in [1.29, 1.82) is 0 Å². The third-order valence-corrected chi connectivity index (χ3v) is 3.59. The highest BCUT2D eigenvalue weighted by Gasteiger charge is 2.14. The van der Waals surface area contributed by atoms with Crippen molar-refractivity contribution in [3.8, 4) is 0 Å². The fourth-order valence-corrected chi connectivity index (χ4v) is 2.20. The van der Waals surface area contributed by atoms with Crippen molar-refractivity contribution < 1.29 is 18.3 Å². The zero-order valence-electron chi connectivity index (χ0n) is 10.8. The van der Waals surface area contributed by atoms with Crippen LogP contribution in [-0.4, -0.2) is 31.6 Å². The number of nitrogens with one attached hydrogen (secondary N) is 1. The van der Waals surface area contributed by atoms with Crippen LogP contribution in [0.15, 0.2) is 46.7 Å². The van der Waals surface area contributed by atoms with Crippen molar-refractivity contribution in [1.82, 2.24) is 5.32 Å². The molecule has 0 saturated carbocycles. The Balaban J connectivity index is 2.69. The molecule has 1 aromatic carbocycles. The molecule has 0 atom stereocenters. The monoisotopic (exact) mass is 283 g/mol. The maximum Gasteiger partial charge on any atom is 0.244 e. The largest absolute Gasteiger partial charge is 0.389 e. The average Bonchev–Trinajstić information content (AvgIpc) is 2.34. The molecular formula is C13H17NO4S. The molecule has 0 radical (unpaired) electrons. The number of rotatable bonds is 5. The van der Waals surface area contributed by atoms with E-state index in [1.807, 2.05) is 0 Å². The van der Waals surface area contributed by atoms with Gasteiger partial charge in [0.1, 0.15) is 0 Å². The Morgan fingerprint density at radius 2 is 1.89 bits per heavy atom. The Labute approximate surface area is 112 Å². The van der Waals surface area contributed by atoms with Gasteiger partial charge in [-0.15, -0.1) is 0 Å². The first-order chi connectivity index (χ1) is 8.71. The van der Waals surface area contributed by atoms with Gasteiger partial charge in [-0.1, -0.05) is 18.2 Å². The van der Waals surface area contributed by atoms with Crippen LogP contribution >= 0.6 is 0 Å². The van der Waals surface area contributed by atoms with Gasteiger partial charge >= 0.3 is 0 Å². The first kappa shape index (κ1) is 15.4. The minimum absolute atomic E-state index is 0.0432. The molecule has 2 N–H and O–H groups in total. The molecule has 0 saturated heterocycles. The zero-order valence-corrected chi connectivity index (χ0v) is 11.6. The zero-order chi connectivity index (χ0) is 14.5. The van der Waals surface area contributed by atoms with Crippen LogP contribution in [0.25, 0.3) is 0 Å². The second kappa shape index (κ2) is 5.99. The minimum Gasteiger partial charge on any atom is -0.389 e. The third-order valence-electron chi connectivity index (χ3n) is 2.17. The first-order valence-electron chi connectivity index (χ1n) is 5.69. The van der Waals surface area contributed by atoms with E-state index in [2.05, 4.69) is 5.32 Å². The highest BCUT2D eigenvalue weighted by Crippen LogP contribution is 2.10. The summed E-state index contributed by atoms with van der Waals surface area (Å²) in [5.41, 5.74) is -1.04. The number of hydrogen-bond acceptors (Lipinski definition) is 4. The number of benzene rings is 1. The molecule has 19 heavy (non-hydrogen) atoms. The summed E-state index contributed by atoms with van der Waals surface area (Å²) in [5, 5.41) is 12.7. The second-order valence-corrected chi connectivity index (χ2v) is 6.52. The van der Waals surface area contributed by atoms with E-state index in [4.69, 9.17) is 0 Å². The van der Waals surface area contributed by atoms with Crippen molar-refractivity contribution in [2.24, 2.45) is 0 Å². The summed E-state index contributed by atoms with van der Waals surface area (Å²) in [6.07, 6.45) is 0.939. The molecule has 0 aromatic heterocycles. The molecule has 1 aromatic rings. The van der Waals surface area contributed by atoms with Crippen LogP contribution in [0.4, 0.5) is 0 Å². The SMILES string of the molecule is CC(C)(O)CNC(=O)C=CS(=O)(=O)c1ccccc1. The van der Waals surface area contributed by atoms with Crippen LogP contribution in [-0.2, 0) is 14.6 Å². The lowest BCUT2D eigenvalue weighted by Gasteiger charge is -2.16. The molecule has 0 spiro atoms. The van der Waals surface area contributed by atoms with Gasteiger partial charge in [0.25, 0.3) is 0 Å². The lowest BCUT2D eigenvalue weighted by atomic mass is 10.1. The molecular weight excluding hydrogens is 266 g/mol. The van der Waals surface area contributed by atoms with Crippen molar-refractivity contribution >= 4 is 15.7 Å². The van der Waals surface area contributed by atoms with Gasteiger partial charge in [-0.05, 0) is 26.0 Å². The quantitative estimate of drug-likeness (QED) is 0.785. The molecule has 0 aliphatic carbocycles. The van der Waals surface area contributed by atoms with E-state index >= 15 is 0 Å². The molecule has 1 amide bonds. The molecule has 0 aliphatic heterocycles. The van der Waals surface area contributed by atoms with Crippen LogP contribution < -0.4 is 5.32 Å². The van der Waals surface area contributed by atoms with Gasteiger partial charge in [0.2, 0.25) is 5.91 Å². The van der Waals surface area contributed by atoms with Crippen LogP contribution in [0.3, 0.4) is 0 Å². The molecule has 0 aliphatic rings. The Bertz CT molecular complexity index is 556. The van der Waals surface area contributed by atoms with Crippen molar-refractivity contribution in [2.75, 3.05) is 6.54 Å². The fraction of sp³-hybridized carbons (Fsp3) is 0.308. The van der Waals surface area contributed by atoms with Crippen molar-refractivity contribution in [2.45, 2.75) is 24.3 Å². The first-order valence-corrected chi connectivity index (χ1v) is 7.24. The molecule has 0 heterocycles. The van der Waals surface area contributed by atoms with Crippen LogP contribution in [0.5, 0.6) is 0 Å². The summed E-state index contributed by atoms with van der Waals surface area (Å²) in [7, 11) is -3.61. The number of hydrogen-bond donors (Lipinski definition) is 2. The van der Waals surface area contributed by atoms with E-state index in [1.165, 1.54) is 26.0 Å². The van der Waals surface area contributed by atoms with Gasteiger partial charge in [-0.2, -0.15) is 0 Å². The molecule has 0 bridgehead atoms. The van der Waals surface area contributed by atoms with Gasteiger partial charge in [-0.25, -0.2) is 8.42 Å². The minimum atomic E-state index is -3.61. The highest BCUT2D eigenvalue weighted by molar-refractivity contribution is 7.94. The fourth-order valence-electron chi connectivity index (χ4n) is 1.20. The summed E-state index contributed by atoms with van der Waals surface area (Å²) in [5.74, 6) is -0.568. The van der Waals surface area contributed by atoms with Gasteiger partial charge in [0.05, 0.1) is 10.5 Å². The maximum absolute atomic E-state index is 11.8. The molecule has 6 heteroatoms. The Hall–Kier alpha value is -1.66. The number of aliphatic hydroxyl groups is 1. The van der Waals surface area contributed by atoms with Gasteiger partial charge in [-0.3, -0.25) is 4.79 Å². The van der Waals surface area contributed by atoms with Crippen molar-refractivity contribution in [3.63, 3.8) is 0 Å². The van der Waals surface area contributed by atoms with Crippen LogP contribution in [0, 0.1) is 0 Å². The van der Waals surface area contributed by atoms with Gasteiger partial charge in [0.15, 0.2) is 9.84 Å². The summed E-state index contributed by atoms with van der Waals surface area (Å²) >= 11 is 0.